The maximum absolute atomic E-state index is 12.3. The van der Waals surface area contributed by atoms with Crippen molar-refractivity contribution in [1.82, 2.24) is 14.5 Å². The van der Waals surface area contributed by atoms with Crippen LogP contribution >= 0.6 is 0 Å². The first-order valence-corrected chi connectivity index (χ1v) is 8.41. The summed E-state index contributed by atoms with van der Waals surface area (Å²) in [6.45, 7) is 1.34. The van der Waals surface area contributed by atoms with Gasteiger partial charge < -0.3 is 14.4 Å². The van der Waals surface area contributed by atoms with Crippen LogP contribution in [0.1, 0.15) is 46.3 Å². The lowest BCUT2D eigenvalue weighted by Gasteiger charge is -2.27. The fraction of sp³-hybridized carbons (Fsp3) is 0.389. The van der Waals surface area contributed by atoms with E-state index in [2.05, 4.69) is 4.98 Å². The molecule has 0 atom stereocenters. The first-order valence-electron chi connectivity index (χ1n) is 8.41. The monoisotopic (exact) mass is 341 g/mol. The van der Waals surface area contributed by atoms with Crippen LogP contribution in [0, 0.1) is 0 Å². The molecule has 130 valence electrons. The molecule has 1 aromatic heterocycles. The van der Waals surface area contributed by atoms with E-state index >= 15 is 0 Å². The van der Waals surface area contributed by atoms with Crippen LogP contribution < -0.4 is 0 Å². The number of ether oxygens (including phenoxy) is 1. The van der Waals surface area contributed by atoms with E-state index in [9.17, 15) is 14.7 Å². The molecule has 1 amide bonds. The topological polar surface area (TPSA) is 84.7 Å². The third-order valence-electron chi connectivity index (χ3n) is 4.63. The zero-order chi connectivity index (χ0) is 17.4. The summed E-state index contributed by atoms with van der Waals surface area (Å²) in [5.41, 5.74) is 1.88. The van der Waals surface area contributed by atoms with Gasteiger partial charge >= 0.3 is 12.1 Å². The number of carboxylic acid groups (broad SMARTS) is 1. The minimum atomic E-state index is -0.944. The first-order chi connectivity index (χ1) is 12.1. The Labute approximate surface area is 144 Å². The van der Waals surface area contributed by atoms with Gasteiger partial charge in [0.15, 0.2) is 5.69 Å². The lowest BCUT2D eigenvalue weighted by Crippen LogP contribution is -2.39. The SMILES string of the molecule is O=C(O)c1c(C2CC2)nc2n1CCN(C(=O)OCc1ccccc1)C2. The predicted molar refractivity (Wildman–Crippen MR) is 88.2 cm³/mol. The number of benzene rings is 1. The summed E-state index contributed by atoms with van der Waals surface area (Å²) in [6.07, 6.45) is 1.57. The number of carbonyl (C=O) groups is 2. The number of rotatable bonds is 4. The van der Waals surface area contributed by atoms with E-state index < -0.39 is 12.1 Å². The summed E-state index contributed by atoms with van der Waals surface area (Å²) in [6, 6.07) is 9.50. The third kappa shape index (κ3) is 3.09. The van der Waals surface area contributed by atoms with Gasteiger partial charge in [-0.05, 0) is 18.4 Å². The molecule has 2 heterocycles. The molecule has 7 heteroatoms. The van der Waals surface area contributed by atoms with Gasteiger partial charge in [-0.15, -0.1) is 0 Å². The van der Waals surface area contributed by atoms with Gasteiger partial charge in [0.25, 0.3) is 0 Å². The molecule has 0 spiro atoms. The Balaban J connectivity index is 1.46. The van der Waals surface area contributed by atoms with Crippen molar-refractivity contribution in [2.75, 3.05) is 6.54 Å². The number of fused-ring (bicyclic) bond motifs is 1. The Hall–Kier alpha value is -2.83. The van der Waals surface area contributed by atoms with Crippen LogP contribution in [0.4, 0.5) is 4.79 Å². The Morgan fingerprint density at radius 2 is 1.96 bits per heavy atom. The highest BCUT2D eigenvalue weighted by molar-refractivity contribution is 5.87. The number of amides is 1. The van der Waals surface area contributed by atoms with Crippen LogP contribution in [-0.2, 0) is 24.4 Å². The molecule has 2 aliphatic rings. The highest BCUT2D eigenvalue weighted by atomic mass is 16.6. The zero-order valence-electron chi connectivity index (χ0n) is 13.7. The van der Waals surface area contributed by atoms with Crippen molar-refractivity contribution in [1.29, 1.82) is 0 Å². The fourth-order valence-corrected chi connectivity index (χ4v) is 3.18. The number of hydrogen-bond acceptors (Lipinski definition) is 4. The smallest absolute Gasteiger partial charge is 0.410 e. The van der Waals surface area contributed by atoms with Gasteiger partial charge in [0.2, 0.25) is 0 Å². The maximum atomic E-state index is 12.3. The van der Waals surface area contributed by atoms with Crippen molar-refractivity contribution in [2.45, 2.75) is 38.5 Å². The molecule has 25 heavy (non-hydrogen) atoms. The second-order valence-electron chi connectivity index (χ2n) is 6.45. The van der Waals surface area contributed by atoms with Gasteiger partial charge in [-0.1, -0.05) is 30.3 Å². The van der Waals surface area contributed by atoms with Gasteiger partial charge in [0, 0.05) is 19.0 Å². The van der Waals surface area contributed by atoms with Crippen molar-refractivity contribution in [3.05, 3.63) is 53.1 Å². The maximum Gasteiger partial charge on any atom is 0.410 e. The number of nitrogens with zero attached hydrogens (tertiary/aromatic N) is 3. The quantitative estimate of drug-likeness (QED) is 0.924. The van der Waals surface area contributed by atoms with Crippen molar-refractivity contribution in [3.8, 4) is 0 Å². The summed E-state index contributed by atoms with van der Waals surface area (Å²) in [5, 5.41) is 9.51. The van der Waals surface area contributed by atoms with Crippen LogP contribution in [0.2, 0.25) is 0 Å². The number of carboxylic acids is 1. The Bertz CT molecular complexity index is 811. The summed E-state index contributed by atoms with van der Waals surface area (Å²) in [4.78, 5) is 30.0. The summed E-state index contributed by atoms with van der Waals surface area (Å²) >= 11 is 0. The van der Waals surface area contributed by atoms with E-state index in [1.165, 1.54) is 0 Å². The van der Waals surface area contributed by atoms with E-state index in [1.807, 2.05) is 30.3 Å². The largest absolute Gasteiger partial charge is 0.477 e. The van der Waals surface area contributed by atoms with E-state index in [1.54, 1.807) is 9.47 Å². The van der Waals surface area contributed by atoms with Gasteiger partial charge in [0.05, 0.1) is 12.2 Å². The normalized spacial score (nSPS) is 16.4. The second-order valence-corrected chi connectivity index (χ2v) is 6.45. The van der Waals surface area contributed by atoms with Gasteiger partial charge in [0.1, 0.15) is 12.4 Å². The molecule has 2 aromatic rings. The number of aromatic carboxylic acids is 1. The average molecular weight is 341 g/mol. The van der Waals surface area contributed by atoms with E-state index in [0.29, 0.717) is 24.6 Å². The summed E-state index contributed by atoms with van der Waals surface area (Å²) in [5.74, 6) is -0.0642. The van der Waals surface area contributed by atoms with Crippen LogP contribution in [-0.4, -0.2) is 38.2 Å². The first kappa shape index (κ1) is 15.7. The molecule has 1 aliphatic carbocycles. The van der Waals surface area contributed by atoms with Gasteiger partial charge in [-0.25, -0.2) is 14.6 Å². The van der Waals surface area contributed by atoms with Crippen LogP contribution in [0.5, 0.6) is 0 Å². The molecule has 1 aliphatic heterocycles. The Morgan fingerprint density at radius 3 is 2.64 bits per heavy atom. The molecular formula is C18H19N3O4. The Kier molecular flexibility index (Phi) is 3.91. The van der Waals surface area contributed by atoms with Gasteiger partial charge in [-0.2, -0.15) is 0 Å². The molecule has 1 saturated carbocycles. The lowest BCUT2D eigenvalue weighted by molar-refractivity contribution is 0.0676. The number of aromatic nitrogens is 2. The second kappa shape index (κ2) is 6.23. The number of hydrogen-bond donors (Lipinski definition) is 1. The molecule has 0 saturated heterocycles. The summed E-state index contributed by atoms with van der Waals surface area (Å²) in [7, 11) is 0. The molecule has 0 radical (unpaired) electrons. The van der Waals surface area contributed by atoms with Crippen molar-refractivity contribution in [2.24, 2.45) is 0 Å². The van der Waals surface area contributed by atoms with Crippen LogP contribution in [0.15, 0.2) is 30.3 Å². The molecule has 1 fully saturated rings. The van der Waals surface area contributed by atoms with Crippen molar-refractivity contribution >= 4 is 12.1 Å². The minimum absolute atomic E-state index is 0.221. The van der Waals surface area contributed by atoms with E-state index in [0.717, 1.165) is 18.4 Å². The molecule has 0 bridgehead atoms. The molecule has 1 N–H and O–H groups in total. The van der Waals surface area contributed by atoms with E-state index in [-0.39, 0.29) is 24.8 Å². The van der Waals surface area contributed by atoms with Crippen molar-refractivity contribution < 1.29 is 19.4 Å². The number of carbonyl (C=O) groups excluding carboxylic acids is 1. The fourth-order valence-electron chi connectivity index (χ4n) is 3.18. The van der Waals surface area contributed by atoms with Crippen LogP contribution in [0.25, 0.3) is 0 Å². The standard InChI is InChI=1S/C18H19N3O4/c22-17(23)16-15(13-6-7-13)19-14-10-20(8-9-21(14)16)18(24)25-11-12-4-2-1-3-5-12/h1-5,13H,6-11H2,(H,22,23). The lowest BCUT2D eigenvalue weighted by atomic mass is 10.2. The predicted octanol–water partition coefficient (Wildman–Crippen LogP) is 2.61. The molecule has 4 rings (SSSR count). The number of imidazole rings is 1. The minimum Gasteiger partial charge on any atom is -0.477 e. The molecule has 1 aromatic carbocycles. The zero-order valence-corrected chi connectivity index (χ0v) is 13.7. The highest BCUT2D eigenvalue weighted by Crippen LogP contribution is 2.41. The molecule has 7 nitrogen and oxygen atoms in total. The average Bonchev–Trinajstić information content (AvgIpc) is 3.39. The Morgan fingerprint density at radius 1 is 1.20 bits per heavy atom. The van der Waals surface area contributed by atoms with E-state index in [4.69, 9.17) is 4.74 Å². The molecule has 0 unspecified atom stereocenters. The van der Waals surface area contributed by atoms with Crippen molar-refractivity contribution in [3.63, 3.8) is 0 Å². The summed E-state index contributed by atoms with van der Waals surface area (Å²) < 4.78 is 7.09. The van der Waals surface area contributed by atoms with Crippen LogP contribution in [0.3, 0.4) is 0 Å². The highest BCUT2D eigenvalue weighted by Gasteiger charge is 2.36. The third-order valence-corrected chi connectivity index (χ3v) is 4.63. The van der Waals surface area contributed by atoms with Gasteiger partial charge in [-0.3, -0.25) is 4.90 Å². The molecular weight excluding hydrogens is 322 g/mol.